The molecule has 130 valence electrons. The first-order valence-electron chi connectivity index (χ1n) is 7.86. The lowest BCUT2D eigenvalue weighted by Gasteiger charge is -2.23. The first-order chi connectivity index (χ1) is 10.6. The maximum atomic E-state index is 12.2. The van der Waals surface area contributed by atoms with E-state index in [4.69, 9.17) is 9.47 Å². The predicted molar refractivity (Wildman–Crippen MR) is 93.6 cm³/mol. The van der Waals surface area contributed by atoms with Gasteiger partial charge in [-0.3, -0.25) is 4.79 Å². The average Bonchev–Trinajstić information content (AvgIpc) is 2.54. The van der Waals surface area contributed by atoms with Crippen LogP contribution in [0.3, 0.4) is 0 Å². The molecule has 2 rings (SSSR count). The number of rotatable bonds is 6. The highest BCUT2D eigenvalue weighted by Gasteiger charge is 2.19. The smallest absolute Gasteiger partial charge is 0.220 e. The highest BCUT2D eigenvalue weighted by atomic mass is 35.5. The van der Waals surface area contributed by atoms with Crippen molar-refractivity contribution in [3.8, 4) is 11.5 Å². The van der Waals surface area contributed by atoms with Gasteiger partial charge >= 0.3 is 0 Å². The van der Waals surface area contributed by atoms with Crippen molar-refractivity contribution in [1.82, 2.24) is 10.6 Å². The summed E-state index contributed by atoms with van der Waals surface area (Å²) in [5.74, 6) is 2.11. The van der Waals surface area contributed by atoms with Crippen molar-refractivity contribution in [3.05, 3.63) is 23.8 Å². The Morgan fingerprint density at radius 2 is 2.00 bits per heavy atom. The number of amides is 1. The fraction of sp³-hybridized carbons (Fsp3) is 0.588. The van der Waals surface area contributed by atoms with Gasteiger partial charge in [-0.05, 0) is 57.0 Å². The van der Waals surface area contributed by atoms with Gasteiger partial charge < -0.3 is 20.1 Å². The summed E-state index contributed by atoms with van der Waals surface area (Å²) in [5.41, 5.74) is 0.931. The third-order valence-electron chi connectivity index (χ3n) is 4.21. The van der Waals surface area contributed by atoms with Crippen LogP contribution in [0.25, 0.3) is 0 Å². The van der Waals surface area contributed by atoms with Crippen LogP contribution in [0.5, 0.6) is 11.5 Å². The zero-order valence-corrected chi connectivity index (χ0v) is 14.9. The highest BCUT2D eigenvalue weighted by Crippen LogP contribution is 2.29. The second-order valence-electron chi connectivity index (χ2n) is 5.79. The van der Waals surface area contributed by atoms with Crippen molar-refractivity contribution in [3.63, 3.8) is 0 Å². The van der Waals surface area contributed by atoms with Crippen LogP contribution >= 0.6 is 12.4 Å². The molecule has 1 unspecified atom stereocenters. The van der Waals surface area contributed by atoms with Crippen molar-refractivity contribution in [2.24, 2.45) is 5.92 Å². The number of nitrogens with one attached hydrogen (secondary N) is 2. The first kappa shape index (κ1) is 19.6. The fourth-order valence-electron chi connectivity index (χ4n) is 2.90. The lowest BCUT2D eigenvalue weighted by Crippen LogP contribution is -2.33. The molecule has 1 fully saturated rings. The SMILES string of the molecule is COc1ccc(OC)c(C(C)NC(=O)CC2CCNCC2)c1.Cl. The van der Waals surface area contributed by atoms with Crippen LogP contribution in [0.15, 0.2) is 18.2 Å². The van der Waals surface area contributed by atoms with Crippen molar-refractivity contribution < 1.29 is 14.3 Å². The van der Waals surface area contributed by atoms with E-state index in [-0.39, 0.29) is 24.4 Å². The van der Waals surface area contributed by atoms with Gasteiger partial charge in [-0.25, -0.2) is 0 Å². The van der Waals surface area contributed by atoms with Crippen LogP contribution in [0.2, 0.25) is 0 Å². The number of carbonyl (C=O) groups excluding carboxylic acids is 1. The zero-order chi connectivity index (χ0) is 15.9. The van der Waals surface area contributed by atoms with Gasteiger partial charge in [0, 0.05) is 12.0 Å². The molecule has 1 aliphatic heterocycles. The molecule has 1 saturated heterocycles. The molecule has 0 bridgehead atoms. The topological polar surface area (TPSA) is 59.6 Å². The summed E-state index contributed by atoms with van der Waals surface area (Å²) in [6.45, 7) is 3.99. The molecule has 6 heteroatoms. The number of benzene rings is 1. The Morgan fingerprint density at radius 3 is 2.61 bits per heavy atom. The van der Waals surface area contributed by atoms with Gasteiger partial charge in [0.1, 0.15) is 11.5 Å². The van der Waals surface area contributed by atoms with Crippen molar-refractivity contribution in [2.45, 2.75) is 32.2 Å². The molecule has 0 spiro atoms. The Bertz CT molecular complexity index is 505. The van der Waals surface area contributed by atoms with E-state index in [0.29, 0.717) is 12.3 Å². The molecule has 0 aliphatic carbocycles. The zero-order valence-electron chi connectivity index (χ0n) is 14.1. The van der Waals surface area contributed by atoms with Gasteiger partial charge in [-0.1, -0.05) is 0 Å². The number of carbonyl (C=O) groups is 1. The summed E-state index contributed by atoms with van der Waals surface area (Å²) in [7, 11) is 3.26. The minimum Gasteiger partial charge on any atom is -0.497 e. The van der Waals surface area contributed by atoms with Gasteiger partial charge in [-0.2, -0.15) is 0 Å². The van der Waals surface area contributed by atoms with Crippen LogP contribution in [-0.4, -0.2) is 33.2 Å². The molecule has 1 aromatic carbocycles. The molecule has 1 atom stereocenters. The molecule has 0 aromatic heterocycles. The van der Waals surface area contributed by atoms with Gasteiger partial charge in [0.25, 0.3) is 0 Å². The second kappa shape index (κ2) is 9.63. The van der Waals surface area contributed by atoms with Gasteiger partial charge in [0.15, 0.2) is 0 Å². The van der Waals surface area contributed by atoms with Crippen LogP contribution in [-0.2, 0) is 4.79 Å². The largest absolute Gasteiger partial charge is 0.497 e. The van der Waals surface area contributed by atoms with Crippen molar-refractivity contribution in [1.29, 1.82) is 0 Å². The minimum atomic E-state index is -0.112. The van der Waals surface area contributed by atoms with Crippen LogP contribution < -0.4 is 20.1 Å². The third-order valence-corrected chi connectivity index (χ3v) is 4.21. The van der Waals surface area contributed by atoms with E-state index in [0.717, 1.165) is 43.0 Å². The number of halogens is 1. The standard InChI is InChI=1S/C17H26N2O3.ClH/c1-12(15-11-14(21-2)4-5-16(15)22-3)19-17(20)10-13-6-8-18-9-7-13;/h4-5,11-13,18H,6-10H2,1-3H3,(H,19,20);1H. The Kier molecular flexibility index (Phi) is 8.20. The molecule has 23 heavy (non-hydrogen) atoms. The summed E-state index contributed by atoms with van der Waals surface area (Å²) >= 11 is 0. The van der Waals surface area contributed by atoms with E-state index >= 15 is 0 Å². The lowest BCUT2D eigenvalue weighted by atomic mass is 9.94. The Morgan fingerprint density at radius 1 is 1.30 bits per heavy atom. The Hall–Kier alpha value is -1.46. The summed E-state index contributed by atoms with van der Waals surface area (Å²) in [4.78, 5) is 12.2. The van der Waals surface area contributed by atoms with Crippen molar-refractivity contribution >= 4 is 18.3 Å². The van der Waals surface area contributed by atoms with Gasteiger partial charge in [0.2, 0.25) is 5.91 Å². The number of ether oxygens (including phenoxy) is 2. The third kappa shape index (κ3) is 5.59. The van der Waals surface area contributed by atoms with E-state index in [9.17, 15) is 4.79 Å². The van der Waals surface area contributed by atoms with E-state index < -0.39 is 0 Å². The van der Waals surface area contributed by atoms with Crippen LogP contribution in [0.4, 0.5) is 0 Å². The maximum absolute atomic E-state index is 12.2. The van der Waals surface area contributed by atoms with E-state index in [2.05, 4.69) is 10.6 Å². The molecule has 0 radical (unpaired) electrons. The molecular formula is C17H27ClN2O3. The lowest BCUT2D eigenvalue weighted by molar-refractivity contribution is -0.122. The van der Waals surface area contributed by atoms with Gasteiger partial charge in [-0.15, -0.1) is 12.4 Å². The molecule has 0 saturated carbocycles. The normalized spacial score (nSPS) is 16.1. The summed E-state index contributed by atoms with van der Waals surface area (Å²) in [6.07, 6.45) is 2.74. The summed E-state index contributed by atoms with van der Waals surface area (Å²) in [5, 5.41) is 6.39. The number of hydrogen-bond acceptors (Lipinski definition) is 4. The Balaban J connectivity index is 0.00000264. The summed E-state index contributed by atoms with van der Waals surface area (Å²) < 4.78 is 10.6. The molecule has 1 aromatic rings. The quantitative estimate of drug-likeness (QED) is 0.834. The monoisotopic (exact) mass is 342 g/mol. The van der Waals surface area contributed by atoms with E-state index in [1.54, 1.807) is 14.2 Å². The molecule has 2 N–H and O–H groups in total. The van der Waals surface area contributed by atoms with Crippen molar-refractivity contribution in [2.75, 3.05) is 27.3 Å². The predicted octanol–water partition coefficient (Wildman–Crippen LogP) is 2.69. The van der Waals surface area contributed by atoms with E-state index in [1.165, 1.54) is 0 Å². The second-order valence-corrected chi connectivity index (χ2v) is 5.79. The molecule has 1 heterocycles. The highest BCUT2D eigenvalue weighted by molar-refractivity contribution is 5.85. The van der Waals surface area contributed by atoms with E-state index in [1.807, 2.05) is 25.1 Å². The number of methoxy groups -OCH3 is 2. The Labute approximate surface area is 144 Å². The number of hydrogen-bond donors (Lipinski definition) is 2. The van der Waals surface area contributed by atoms with Crippen LogP contribution in [0.1, 0.15) is 37.8 Å². The summed E-state index contributed by atoms with van der Waals surface area (Å²) in [6, 6.07) is 5.52. The minimum absolute atomic E-state index is 0. The van der Waals surface area contributed by atoms with Crippen LogP contribution in [0, 0.1) is 5.92 Å². The maximum Gasteiger partial charge on any atom is 0.220 e. The molecule has 1 amide bonds. The molecule has 1 aliphatic rings. The molecule has 5 nitrogen and oxygen atoms in total. The molecular weight excluding hydrogens is 316 g/mol. The average molecular weight is 343 g/mol. The van der Waals surface area contributed by atoms with Gasteiger partial charge in [0.05, 0.1) is 20.3 Å². The number of piperidine rings is 1. The first-order valence-corrected chi connectivity index (χ1v) is 7.86. The fourth-order valence-corrected chi connectivity index (χ4v) is 2.90.